The second-order valence-electron chi connectivity index (χ2n) is 5.97. The summed E-state index contributed by atoms with van der Waals surface area (Å²) >= 11 is 0. The molecule has 1 aromatic carbocycles. The number of carbonyl (C=O) groups is 3. The van der Waals surface area contributed by atoms with Crippen LogP contribution < -0.4 is 5.32 Å². The maximum Gasteiger partial charge on any atom is 0.329 e. The van der Waals surface area contributed by atoms with Gasteiger partial charge in [-0.05, 0) is 31.2 Å². The zero-order valence-corrected chi connectivity index (χ0v) is 13.2. The van der Waals surface area contributed by atoms with Crippen molar-refractivity contribution in [3.63, 3.8) is 0 Å². The third kappa shape index (κ3) is 4.31. The van der Waals surface area contributed by atoms with E-state index in [2.05, 4.69) is 5.32 Å². The van der Waals surface area contributed by atoms with Crippen LogP contribution in [0, 0.1) is 0 Å². The Bertz CT molecular complexity index is 582. The van der Waals surface area contributed by atoms with Crippen LogP contribution >= 0.6 is 0 Å². The van der Waals surface area contributed by atoms with E-state index in [0.717, 1.165) is 12.0 Å². The average molecular weight is 318 g/mol. The molecule has 1 aromatic rings. The molecule has 2 rings (SSSR count). The Balaban J connectivity index is 1.90. The lowest BCUT2D eigenvalue weighted by Crippen LogP contribution is -2.60. The van der Waals surface area contributed by atoms with Gasteiger partial charge in [-0.3, -0.25) is 9.59 Å². The first-order valence-electron chi connectivity index (χ1n) is 7.77. The molecule has 6 heteroatoms. The highest BCUT2D eigenvalue weighted by Crippen LogP contribution is 2.31. The molecule has 1 saturated carbocycles. The van der Waals surface area contributed by atoms with Gasteiger partial charge in [0.15, 0.2) is 0 Å². The minimum Gasteiger partial charge on any atom is -0.480 e. The van der Waals surface area contributed by atoms with E-state index in [-0.39, 0.29) is 12.5 Å². The smallest absolute Gasteiger partial charge is 0.329 e. The van der Waals surface area contributed by atoms with Crippen LogP contribution in [0.4, 0.5) is 0 Å². The van der Waals surface area contributed by atoms with Gasteiger partial charge >= 0.3 is 5.97 Å². The van der Waals surface area contributed by atoms with Crippen molar-refractivity contribution in [1.29, 1.82) is 0 Å². The van der Waals surface area contributed by atoms with Gasteiger partial charge in [-0.25, -0.2) is 4.79 Å². The number of hydrogen-bond acceptors (Lipinski definition) is 3. The molecule has 1 aliphatic carbocycles. The molecular weight excluding hydrogens is 296 g/mol. The van der Waals surface area contributed by atoms with Crippen molar-refractivity contribution in [2.75, 3.05) is 13.1 Å². The highest BCUT2D eigenvalue weighted by Gasteiger charge is 2.45. The fraction of sp³-hybridized carbons (Fsp3) is 0.471. The number of rotatable bonds is 7. The van der Waals surface area contributed by atoms with Crippen LogP contribution in [-0.4, -0.2) is 46.4 Å². The maximum absolute atomic E-state index is 12.1. The van der Waals surface area contributed by atoms with E-state index < -0.39 is 17.4 Å². The third-order valence-corrected chi connectivity index (χ3v) is 4.29. The zero-order chi connectivity index (χ0) is 16.9. The van der Waals surface area contributed by atoms with Gasteiger partial charge in [-0.15, -0.1) is 0 Å². The van der Waals surface area contributed by atoms with Crippen molar-refractivity contribution in [2.24, 2.45) is 0 Å². The fourth-order valence-electron chi connectivity index (χ4n) is 2.66. The largest absolute Gasteiger partial charge is 0.480 e. The highest BCUT2D eigenvalue weighted by molar-refractivity contribution is 5.90. The van der Waals surface area contributed by atoms with Crippen molar-refractivity contribution in [2.45, 2.75) is 38.1 Å². The van der Waals surface area contributed by atoms with E-state index in [4.69, 9.17) is 0 Å². The number of aliphatic carboxylic acids is 1. The zero-order valence-electron chi connectivity index (χ0n) is 13.2. The van der Waals surface area contributed by atoms with Gasteiger partial charge in [0.05, 0.1) is 6.54 Å². The Kier molecular flexibility index (Phi) is 5.36. The van der Waals surface area contributed by atoms with Crippen molar-refractivity contribution >= 4 is 17.8 Å². The van der Waals surface area contributed by atoms with Crippen LogP contribution in [0.15, 0.2) is 30.3 Å². The minimum absolute atomic E-state index is 0.114. The van der Waals surface area contributed by atoms with Crippen LogP contribution in [-0.2, 0) is 20.8 Å². The molecular formula is C17H22N2O4. The molecule has 124 valence electrons. The van der Waals surface area contributed by atoms with Crippen LogP contribution in [0.3, 0.4) is 0 Å². The number of nitrogens with one attached hydrogen (secondary N) is 1. The monoisotopic (exact) mass is 318 g/mol. The molecule has 0 unspecified atom stereocenters. The van der Waals surface area contributed by atoms with Crippen LogP contribution in [0.25, 0.3) is 0 Å². The normalized spacial score (nSPS) is 15.3. The molecule has 0 spiro atoms. The summed E-state index contributed by atoms with van der Waals surface area (Å²) in [6.07, 6.45) is 2.32. The SMILES string of the molecule is CC(=O)N(CCc1ccccc1)CC(=O)NC1(C(=O)O)CCC1. The summed E-state index contributed by atoms with van der Waals surface area (Å²) in [6.45, 7) is 1.72. The first-order valence-corrected chi connectivity index (χ1v) is 7.77. The minimum atomic E-state index is -1.14. The topological polar surface area (TPSA) is 86.7 Å². The number of hydrogen-bond donors (Lipinski definition) is 2. The molecule has 0 aromatic heterocycles. The van der Waals surface area contributed by atoms with Crippen molar-refractivity contribution in [3.05, 3.63) is 35.9 Å². The van der Waals surface area contributed by atoms with E-state index in [0.29, 0.717) is 25.8 Å². The molecule has 0 radical (unpaired) electrons. The van der Waals surface area contributed by atoms with Gasteiger partial charge in [0.2, 0.25) is 11.8 Å². The molecule has 0 atom stereocenters. The molecule has 0 heterocycles. The van der Waals surface area contributed by atoms with E-state index in [9.17, 15) is 19.5 Å². The molecule has 23 heavy (non-hydrogen) atoms. The lowest BCUT2D eigenvalue weighted by atomic mass is 9.77. The predicted octanol–water partition coefficient (Wildman–Crippen LogP) is 1.20. The van der Waals surface area contributed by atoms with Gasteiger partial charge in [-0.2, -0.15) is 0 Å². The Labute approximate surface area is 135 Å². The van der Waals surface area contributed by atoms with Gasteiger partial charge in [0, 0.05) is 13.5 Å². The Morgan fingerprint density at radius 3 is 2.35 bits per heavy atom. The number of carboxylic acid groups (broad SMARTS) is 1. The molecule has 0 bridgehead atoms. The summed E-state index contributed by atoms with van der Waals surface area (Å²) in [5.74, 6) is -1.62. The molecule has 2 amide bonds. The van der Waals surface area contributed by atoms with Crippen LogP contribution in [0.2, 0.25) is 0 Å². The van der Waals surface area contributed by atoms with E-state index >= 15 is 0 Å². The summed E-state index contributed by atoms with van der Waals surface area (Å²) in [5.41, 5.74) is -0.0564. The summed E-state index contributed by atoms with van der Waals surface area (Å²) < 4.78 is 0. The van der Waals surface area contributed by atoms with E-state index in [1.165, 1.54) is 11.8 Å². The lowest BCUT2D eigenvalue weighted by Gasteiger charge is -2.38. The number of amides is 2. The first kappa shape index (κ1) is 17.0. The quantitative estimate of drug-likeness (QED) is 0.791. The molecule has 0 aliphatic heterocycles. The van der Waals surface area contributed by atoms with Crippen LogP contribution in [0.5, 0.6) is 0 Å². The number of benzene rings is 1. The van der Waals surface area contributed by atoms with Crippen LogP contribution in [0.1, 0.15) is 31.7 Å². The fourth-order valence-corrected chi connectivity index (χ4v) is 2.66. The van der Waals surface area contributed by atoms with Gasteiger partial charge in [0.25, 0.3) is 0 Å². The van der Waals surface area contributed by atoms with Gasteiger partial charge < -0.3 is 15.3 Å². The van der Waals surface area contributed by atoms with Gasteiger partial charge in [-0.1, -0.05) is 30.3 Å². The Morgan fingerprint density at radius 1 is 1.22 bits per heavy atom. The summed E-state index contributed by atoms with van der Waals surface area (Å²) in [5, 5.41) is 11.8. The summed E-state index contributed by atoms with van der Waals surface area (Å²) in [6, 6.07) is 9.70. The molecule has 6 nitrogen and oxygen atoms in total. The van der Waals surface area contributed by atoms with Gasteiger partial charge in [0.1, 0.15) is 5.54 Å². The summed E-state index contributed by atoms with van der Waals surface area (Å²) in [4.78, 5) is 36.5. The molecule has 1 fully saturated rings. The third-order valence-electron chi connectivity index (χ3n) is 4.29. The van der Waals surface area contributed by atoms with Crippen molar-refractivity contribution in [3.8, 4) is 0 Å². The first-order chi connectivity index (χ1) is 10.9. The van der Waals surface area contributed by atoms with E-state index in [1.54, 1.807) is 0 Å². The Hall–Kier alpha value is -2.37. The molecule has 1 aliphatic rings. The number of carboxylic acids is 1. The predicted molar refractivity (Wildman–Crippen MR) is 84.8 cm³/mol. The lowest BCUT2D eigenvalue weighted by molar-refractivity contribution is -0.152. The van der Waals surface area contributed by atoms with Crippen molar-refractivity contribution in [1.82, 2.24) is 10.2 Å². The number of carbonyl (C=O) groups excluding carboxylic acids is 2. The molecule has 2 N–H and O–H groups in total. The Morgan fingerprint density at radius 2 is 1.87 bits per heavy atom. The average Bonchev–Trinajstić information content (AvgIpc) is 2.47. The highest BCUT2D eigenvalue weighted by atomic mass is 16.4. The summed E-state index contributed by atoms with van der Waals surface area (Å²) in [7, 11) is 0. The number of nitrogens with zero attached hydrogens (tertiary/aromatic N) is 1. The van der Waals surface area contributed by atoms with Crippen molar-refractivity contribution < 1.29 is 19.5 Å². The van der Waals surface area contributed by atoms with E-state index in [1.807, 2.05) is 30.3 Å². The second kappa shape index (κ2) is 7.26. The second-order valence-corrected chi connectivity index (χ2v) is 5.97. The molecule has 0 saturated heterocycles. The maximum atomic E-state index is 12.1. The standard InChI is InChI=1S/C17H22N2O4/c1-13(20)19(11-8-14-6-3-2-4-7-14)12-15(21)18-17(16(22)23)9-5-10-17/h2-4,6-7H,5,8-12H2,1H3,(H,18,21)(H,22,23).